The Morgan fingerprint density at radius 3 is 1.05 bits per heavy atom. The van der Waals surface area contributed by atoms with E-state index in [2.05, 4.69) is 0 Å². The lowest BCUT2D eigenvalue weighted by atomic mass is 10.1. The summed E-state index contributed by atoms with van der Waals surface area (Å²) in [5.74, 6) is 0.229. The van der Waals surface area contributed by atoms with E-state index in [9.17, 15) is 0 Å². The molecule has 0 saturated carbocycles. The molecule has 0 aliphatic carbocycles. The first-order valence-corrected chi connectivity index (χ1v) is 5.88. The Bertz CT molecular complexity index is 440. The van der Waals surface area contributed by atoms with Crippen LogP contribution in [0.4, 0.5) is 0 Å². The van der Waals surface area contributed by atoms with E-state index in [1.54, 1.807) is 48.5 Å². The second-order valence-corrected chi connectivity index (χ2v) is 3.96. The van der Waals surface area contributed by atoms with Crippen molar-refractivity contribution in [3.63, 3.8) is 0 Å². The molecule has 4 N–H and O–H groups in total. The Balaban J connectivity index is 0.000000191. The van der Waals surface area contributed by atoms with Gasteiger partial charge >= 0.3 is 0 Å². The Hall–Kier alpha value is -1.88. The summed E-state index contributed by atoms with van der Waals surface area (Å²) >= 11 is 0. The van der Waals surface area contributed by atoms with Gasteiger partial charge in [-0.15, -0.1) is 0 Å². The topological polar surface area (TPSA) is 80.9 Å². The van der Waals surface area contributed by atoms with Crippen molar-refractivity contribution >= 4 is 0 Å². The summed E-state index contributed by atoms with van der Waals surface area (Å²) < 4.78 is 0. The highest BCUT2D eigenvalue weighted by atomic mass is 16.3. The molecule has 0 saturated heterocycles. The molecular formula is C15H18O4. The number of phenolic OH excluding ortho intramolecular Hbond substituents is 1. The molecule has 102 valence electrons. The molecule has 0 heterocycles. The molecule has 4 nitrogen and oxygen atoms in total. The Kier molecular flexibility index (Phi) is 6.60. The smallest absolute Gasteiger partial charge is 0.115 e. The summed E-state index contributed by atoms with van der Waals surface area (Å²) in [6.07, 6.45) is 0. The van der Waals surface area contributed by atoms with Gasteiger partial charge in [0.2, 0.25) is 0 Å². The van der Waals surface area contributed by atoms with Crippen LogP contribution >= 0.6 is 0 Å². The lowest BCUT2D eigenvalue weighted by Crippen LogP contribution is -1.85. The van der Waals surface area contributed by atoms with Crippen molar-refractivity contribution in [3.05, 3.63) is 65.2 Å². The number of hydrogen-bond acceptors (Lipinski definition) is 4. The van der Waals surface area contributed by atoms with Gasteiger partial charge in [0.1, 0.15) is 5.75 Å². The summed E-state index contributed by atoms with van der Waals surface area (Å²) in [6.45, 7) is 0.150. The lowest BCUT2D eigenvalue weighted by Gasteiger charge is -1.96. The number of rotatable bonds is 3. The predicted octanol–water partition coefficient (Wildman–Crippen LogP) is 1.56. The van der Waals surface area contributed by atoms with Crippen LogP contribution in [0.15, 0.2) is 48.5 Å². The Morgan fingerprint density at radius 1 is 0.526 bits per heavy atom. The molecule has 0 aliphatic heterocycles. The molecule has 0 amide bonds. The summed E-state index contributed by atoms with van der Waals surface area (Å²) in [7, 11) is 0. The minimum Gasteiger partial charge on any atom is -0.508 e. The summed E-state index contributed by atoms with van der Waals surface area (Å²) in [6, 6.07) is 13.6. The van der Waals surface area contributed by atoms with Crippen molar-refractivity contribution in [3.8, 4) is 5.75 Å². The molecule has 0 aromatic heterocycles. The third kappa shape index (κ3) is 5.52. The first-order valence-electron chi connectivity index (χ1n) is 5.88. The van der Waals surface area contributed by atoms with E-state index in [1.807, 2.05) is 0 Å². The van der Waals surface area contributed by atoms with Crippen molar-refractivity contribution in [2.45, 2.75) is 19.8 Å². The highest BCUT2D eigenvalue weighted by Crippen LogP contribution is 2.08. The van der Waals surface area contributed by atoms with Crippen LogP contribution in [0.2, 0.25) is 0 Å². The predicted molar refractivity (Wildman–Crippen MR) is 72.3 cm³/mol. The molecule has 4 heteroatoms. The number of aliphatic hydroxyl groups is 3. The van der Waals surface area contributed by atoms with Gasteiger partial charge in [-0.3, -0.25) is 0 Å². The Labute approximate surface area is 112 Å². The van der Waals surface area contributed by atoms with E-state index in [0.717, 1.165) is 16.7 Å². The van der Waals surface area contributed by atoms with Crippen molar-refractivity contribution in [2.75, 3.05) is 0 Å². The van der Waals surface area contributed by atoms with Gasteiger partial charge < -0.3 is 20.4 Å². The first kappa shape index (κ1) is 15.2. The van der Waals surface area contributed by atoms with Crippen LogP contribution in [0.25, 0.3) is 0 Å². The van der Waals surface area contributed by atoms with Gasteiger partial charge in [-0.05, 0) is 28.8 Å². The van der Waals surface area contributed by atoms with Crippen molar-refractivity contribution in [2.24, 2.45) is 0 Å². The maximum Gasteiger partial charge on any atom is 0.115 e. The molecule has 2 rings (SSSR count). The monoisotopic (exact) mass is 262 g/mol. The molecule has 0 bridgehead atoms. The quantitative estimate of drug-likeness (QED) is 0.676. The minimum atomic E-state index is 0.0281. The molecule has 2 aromatic rings. The van der Waals surface area contributed by atoms with E-state index in [1.165, 1.54) is 0 Å². The van der Waals surface area contributed by atoms with Gasteiger partial charge in [0.05, 0.1) is 19.8 Å². The van der Waals surface area contributed by atoms with E-state index in [-0.39, 0.29) is 25.6 Å². The maximum absolute atomic E-state index is 8.77. The molecule has 0 unspecified atom stereocenters. The molecule has 0 atom stereocenters. The zero-order chi connectivity index (χ0) is 14.1. The van der Waals surface area contributed by atoms with E-state index >= 15 is 0 Å². The summed E-state index contributed by atoms with van der Waals surface area (Å²) in [5.41, 5.74) is 2.56. The number of hydrogen-bond donors (Lipinski definition) is 4. The van der Waals surface area contributed by atoms with Gasteiger partial charge in [-0.1, -0.05) is 36.4 Å². The molecule has 0 aliphatic rings. The van der Waals surface area contributed by atoms with Crippen LogP contribution in [-0.4, -0.2) is 20.4 Å². The number of aliphatic hydroxyl groups excluding tert-OH is 3. The van der Waals surface area contributed by atoms with Gasteiger partial charge in [0, 0.05) is 0 Å². The third-order valence-electron chi connectivity index (χ3n) is 2.51. The van der Waals surface area contributed by atoms with Gasteiger partial charge in [-0.2, -0.15) is 0 Å². The molecule has 0 radical (unpaired) electrons. The number of benzene rings is 2. The van der Waals surface area contributed by atoms with E-state index < -0.39 is 0 Å². The highest BCUT2D eigenvalue weighted by Gasteiger charge is 1.90. The fraction of sp³-hybridized carbons (Fsp3) is 0.200. The largest absolute Gasteiger partial charge is 0.508 e. The Morgan fingerprint density at radius 2 is 0.789 bits per heavy atom. The highest BCUT2D eigenvalue weighted by molar-refractivity contribution is 5.25. The fourth-order valence-electron chi connectivity index (χ4n) is 1.35. The van der Waals surface area contributed by atoms with E-state index in [4.69, 9.17) is 20.4 Å². The first-order chi connectivity index (χ1) is 9.19. The van der Waals surface area contributed by atoms with Crippen LogP contribution in [0, 0.1) is 0 Å². The molecule has 19 heavy (non-hydrogen) atoms. The number of aromatic hydroxyl groups is 1. The molecule has 2 aromatic carbocycles. The molecular weight excluding hydrogens is 244 g/mol. The maximum atomic E-state index is 8.77. The van der Waals surface area contributed by atoms with Gasteiger partial charge in [0.25, 0.3) is 0 Å². The van der Waals surface area contributed by atoms with Crippen LogP contribution in [0.5, 0.6) is 5.75 Å². The lowest BCUT2D eigenvalue weighted by molar-refractivity contribution is 0.278. The second-order valence-electron chi connectivity index (χ2n) is 3.96. The van der Waals surface area contributed by atoms with Crippen molar-refractivity contribution in [1.82, 2.24) is 0 Å². The fourth-order valence-corrected chi connectivity index (χ4v) is 1.35. The van der Waals surface area contributed by atoms with Crippen LogP contribution < -0.4 is 0 Å². The standard InChI is InChI=1S/C8H10O2.C7H8O2/c9-5-7-1-2-8(6-10)4-3-7;8-5-6-1-3-7(9)4-2-6/h1-4,9-10H,5-6H2;1-4,8-9H,5H2. The third-order valence-corrected chi connectivity index (χ3v) is 2.51. The zero-order valence-corrected chi connectivity index (χ0v) is 10.5. The average molecular weight is 262 g/mol. The van der Waals surface area contributed by atoms with Gasteiger partial charge in [0.15, 0.2) is 0 Å². The summed E-state index contributed by atoms with van der Waals surface area (Å²) in [5, 5.41) is 34.6. The molecule has 0 spiro atoms. The number of phenols is 1. The molecule has 0 fully saturated rings. The zero-order valence-electron chi connectivity index (χ0n) is 10.5. The van der Waals surface area contributed by atoms with Crippen LogP contribution in [0.1, 0.15) is 16.7 Å². The summed E-state index contributed by atoms with van der Waals surface area (Å²) in [4.78, 5) is 0. The SMILES string of the molecule is OCc1ccc(CO)cc1.OCc1ccc(O)cc1. The van der Waals surface area contributed by atoms with Gasteiger partial charge in [-0.25, -0.2) is 0 Å². The van der Waals surface area contributed by atoms with Crippen molar-refractivity contribution in [1.29, 1.82) is 0 Å². The van der Waals surface area contributed by atoms with E-state index in [0.29, 0.717) is 0 Å². The normalized spacial score (nSPS) is 9.63. The van der Waals surface area contributed by atoms with Crippen molar-refractivity contribution < 1.29 is 20.4 Å². The van der Waals surface area contributed by atoms with Crippen LogP contribution in [0.3, 0.4) is 0 Å². The minimum absolute atomic E-state index is 0.0281. The second kappa shape index (κ2) is 8.26. The van der Waals surface area contributed by atoms with Crippen LogP contribution in [-0.2, 0) is 19.8 Å². The average Bonchev–Trinajstić information content (AvgIpc) is 2.49.